The van der Waals surface area contributed by atoms with Gasteiger partial charge in [0.05, 0.1) is 6.61 Å². The van der Waals surface area contributed by atoms with Crippen LogP contribution in [0.4, 0.5) is 0 Å². The zero-order chi connectivity index (χ0) is 12.1. The van der Waals surface area contributed by atoms with Crippen LogP contribution in [-0.4, -0.2) is 43.7 Å². The van der Waals surface area contributed by atoms with Gasteiger partial charge in [-0.3, -0.25) is 4.79 Å². The van der Waals surface area contributed by atoms with E-state index in [0.717, 1.165) is 19.5 Å². The first-order chi connectivity index (χ1) is 7.54. The van der Waals surface area contributed by atoms with Crippen molar-refractivity contribution in [1.82, 2.24) is 4.90 Å². The molecule has 102 valence electrons. The topological polar surface area (TPSA) is 55.6 Å². The molecule has 1 fully saturated rings. The Morgan fingerprint density at radius 1 is 1.47 bits per heavy atom. The van der Waals surface area contributed by atoms with Crippen molar-refractivity contribution >= 4 is 18.3 Å². The summed E-state index contributed by atoms with van der Waals surface area (Å²) in [6.45, 7) is 6.42. The molecular weight excluding hydrogens is 240 g/mol. The SMILES string of the molecule is COCC(N)C(=O)N1CCC(C)CC(C)C1.Cl. The van der Waals surface area contributed by atoms with E-state index in [4.69, 9.17) is 10.5 Å². The summed E-state index contributed by atoms with van der Waals surface area (Å²) in [5, 5.41) is 0. The molecule has 0 bridgehead atoms. The Hall–Kier alpha value is -0.320. The largest absolute Gasteiger partial charge is 0.383 e. The van der Waals surface area contributed by atoms with Gasteiger partial charge < -0.3 is 15.4 Å². The Labute approximate surface area is 110 Å². The van der Waals surface area contributed by atoms with E-state index in [1.807, 2.05) is 4.90 Å². The molecule has 0 aromatic carbocycles. The first-order valence-electron chi connectivity index (χ1n) is 6.08. The summed E-state index contributed by atoms with van der Waals surface area (Å²) in [6, 6.07) is -0.509. The highest BCUT2D eigenvalue weighted by atomic mass is 35.5. The highest BCUT2D eigenvalue weighted by Crippen LogP contribution is 2.21. The zero-order valence-electron chi connectivity index (χ0n) is 11.0. The number of carbonyl (C=O) groups excluding carboxylic acids is 1. The average molecular weight is 265 g/mol. The van der Waals surface area contributed by atoms with E-state index in [0.29, 0.717) is 18.4 Å². The maximum absolute atomic E-state index is 12.0. The number of hydrogen-bond acceptors (Lipinski definition) is 3. The first-order valence-corrected chi connectivity index (χ1v) is 6.08. The summed E-state index contributed by atoms with van der Waals surface area (Å²) in [5.41, 5.74) is 5.77. The minimum absolute atomic E-state index is 0. The fourth-order valence-electron chi connectivity index (χ4n) is 2.41. The van der Waals surface area contributed by atoms with E-state index in [9.17, 15) is 4.79 Å². The molecule has 0 aromatic rings. The molecule has 17 heavy (non-hydrogen) atoms. The maximum atomic E-state index is 12.0. The van der Waals surface area contributed by atoms with Crippen molar-refractivity contribution in [3.05, 3.63) is 0 Å². The van der Waals surface area contributed by atoms with E-state index in [1.165, 1.54) is 6.42 Å². The molecule has 0 radical (unpaired) electrons. The van der Waals surface area contributed by atoms with Gasteiger partial charge >= 0.3 is 0 Å². The van der Waals surface area contributed by atoms with Crippen molar-refractivity contribution in [2.75, 3.05) is 26.8 Å². The molecule has 3 atom stereocenters. The van der Waals surface area contributed by atoms with Crippen molar-refractivity contribution in [2.24, 2.45) is 17.6 Å². The van der Waals surface area contributed by atoms with Crippen LogP contribution >= 0.6 is 12.4 Å². The van der Waals surface area contributed by atoms with Gasteiger partial charge in [-0.25, -0.2) is 0 Å². The van der Waals surface area contributed by atoms with Crippen molar-refractivity contribution in [3.8, 4) is 0 Å². The highest BCUT2D eigenvalue weighted by Gasteiger charge is 2.25. The number of nitrogens with two attached hydrogens (primary N) is 1. The van der Waals surface area contributed by atoms with Gasteiger partial charge in [0.25, 0.3) is 0 Å². The highest BCUT2D eigenvalue weighted by molar-refractivity contribution is 5.85. The standard InChI is InChI=1S/C12H24N2O2.ClH/c1-9-4-5-14(7-10(2)6-9)12(15)11(13)8-16-3;/h9-11H,4-8,13H2,1-3H3;1H. The summed E-state index contributed by atoms with van der Waals surface area (Å²) >= 11 is 0. The minimum Gasteiger partial charge on any atom is -0.383 e. The predicted molar refractivity (Wildman–Crippen MR) is 71.2 cm³/mol. The third-order valence-electron chi connectivity index (χ3n) is 3.20. The molecule has 0 spiro atoms. The van der Waals surface area contributed by atoms with Crippen LogP contribution < -0.4 is 5.73 Å². The molecule has 1 aliphatic heterocycles. The molecule has 1 aliphatic rings. The molecule has 4 nitrogen and oxygen atoms in total. The van der Waals surface area contributed by atoms with Gasteiger partial charge in [-0.1, -0.05) is 13.8 Å². The van der Waals surface area contributed by atoms with E-state index in [2.05, 4.69) is 13.8 Å². The lowest BCUT2D eigenvalue weighted by atomic mass is 9.97. The van der Waals surface area contributed by atoms with E-state index in [-0.39, 0.29) is 18.3 Å². The van der Waals surface area contributed by atoms with Gasteiger partial charge in [0.15, 0.2) is 0 Å². The lowest BCUT2D eigenvalue weighted by Crippen LogP contribution is -2.47. The molecule has 0 aliphatic carbocycles. The van der Waals surface area contributed by atoms with E-state index < -0.39 is 6.04 Å². The molecular formula is C12H25ClN2O2. The van der Waals surface area contributed by atoms with Crippen LogP contribution in [0.2, 0.25) is 0 Å². The molecule has 1 saturated heterocycles. The van der Waals surface area contributed by atoms with Crippen LogP contribution in [0.3, 0.4) is 0 Å². The van der Waals surface area contributed by atoms with Crippen LogP contribution in [0, 0.1) is 11.8 Å². The Morgan fingerprint density at radius 3 is 2.71 bits per heavy atom. The predicted octanol–water partition coefficient (Wildman–Crippen LogP) is 1.28. The molecule has 2 N–H and O–H groups in total. The monoisotopic (exact) mass is 264 g/mol. The zero-order valence-corrected chi connectivity index (χ0v) is 11.8. The summed E-state index contributed by atoms with van der Waals surface area (Å²) in [5.74, 6) is 1.30. The Morgan fingerprint density at radius 2 is 2.12 bits per heavy atom. The summed E-state index contributed by atoms with van der Waals surface area (Å²) in [6.07, 6.45) is 2.28. The fourth-order valence-corrected chi connectivity index (χ4v) is 2.41. The number of methoxy groups -OCH3 is 1. The number of nitrogens with zero attached hydrogens (tertiary/aromatic N) is 1. The molecule has 3 unspecified atom stereocenters. The van der Waals surface area contributed by atoms with Crippen LogP contribution in [0.15, 0.2) is 0 Å². The second kappa shape index (κ2) is 7.90. The second-order valence-corrected chi connectivity index (χ2v) is 5.08. The van der Waals surface area contributed by atoms with Gasteiger partial charge in [-0.05, 0) is 24.7 Å². The summed E-state index contributed by atoms with van der Waals surface area (Å²) in [7, 11) is 1.57. The summed E-state index contributed by atoms with van der Waals surface area (Å²) in [4.78, 5) is 13.9. The van der Waals surface area contributed by atoms with Gasteiger partial charge in [-0.2, -0.15) is 0 Å². The number of hydrogen-bond donors (Lipinski definition) is 1. The number of carbonyl (C=O) groups is 1. The normalized spacial score (nSPS) is 26.9. The van der Waals surface area contributed by atoms with Crippen LogP contribution in [0.25, 0.3) is 0 Å². The first kappa shape index (κ1) is 16.7. The van der Waals surface area contributed by atoms with E-state index >= 15 is 0 Å². The quantitative estimate of drug-likeness (QED) is 0.835. The number of halogens is 1. The molecule has 0 aromatic heterocycles. The number of ether oxygens (including phenoxy) is 1. The lowest BCUT2D eigenvalue weighted by Gasteiger charge is -2.25. The molecule has 1 amide bonds. The number of likely N-dealkylation sites (tertiary alicyclic amines) is 1. The van der Waals surface area contributed by atoms with Crippen molar-refractivity contribution in [1.29, 1.82) is 0 Å². The minimum atomic E-state index is -0.509. The molecule has 0 saturated carbocycles. The third-order valence-corrected chi connectivity index (χ3v) is 3.20. The Bertz CT molecular complexity index is 239. The lowest BCUT2D eigenvalue weighted by molar-refractivity contribution is -0.134. The smallest absolute Gasteiger partial charge is 0.241 e. The van der Waals surface area contributed by atoms with Gasteiger partial charge in [0.2, 0.25) is 5.91 Å². The van der Waals surface area contributed by atoms with Gasteiger partial charge in [0, 0.05) is 20.2 Å². The van der Waals surface area contributed by atoms with E-state index in [1.54, 1.807) is 7.11 Å². The summed E-state index contributed by atoms with van der Waals surface area (Å²) < 4.78 is 4.92. The number of amides is 1. The fraction of sp³-hybridized carbons (Fsp3) is 0.917. The molecule has 1 heterocycles. The molecule has 5 heteroatoms. The van der Waals surface area contributed by atoms with Crippen LogP contribution in [0.1, 0.15) is 26.7 Å². The Kier molecular flexibility index (Phi) is 7.75. The van der Waals surface area contributed by atoms with Crippen molar-refractivity contribution in [2.45, 2.75) is 32.7 Å². The average Bonchev–Trinajstić information content (AvgIpc) is 2.38. The molecule has 1 rings (SSSR count). The van der Waals surface area contributed by atoms with Crippen molar-refractivity contribution in [3.63, 3.8) is 0 Å². The van der Waals surface area contributed by atoms with Crippen LogP contribution in [-0.2, 0) is 9.53 Å². The Balaban J connectivity index is 0.00000256. The van der Waals surface area contributed by atoms with Gasteiger partial charge in [0.1, 0.15) is 6.04 Å². The maximum Gasteiger partial charge on any atom is 0.241 e. The van der Waals surface area contributed by atoms with Crippen LogP contribution in [0.5, 0.6) is 0 Å². The number of rotatable bonds is 3. The van der Waals surface area contributed by atoms with Gasteiger partial charge in [-0.15, -0.1) is 12.4 Å². The third kappa shape index (κ3) is 5.23. The second-order valence-electron chi connectivity index (χ2n) is 5.08. The van der Waals surface area contributed by atoms with Crippen molar-refractivity contribution < 1.29 is 9.53 Å².